The Bertz CT molecular complexity index is 3410. The number of aliphatic carboxylic acids is 1. The van der Waals surface area contributed by atoms with Crippen LogP contribution in [0.2, 0.25) is 0 Å². The highest BCUT2D eigenvalue weighted by Crippen LogP contribution is 2.32. The number of carbonyl (C=O) groups is 16. The van der Waals surface area contributed by atoms with Gasteiger partial charge in [0.1, 0.15) is 47.5 Å². The van der Waals surface area contributed by atoms with Gasteiger partial charge in [0.2, 0.25) is 59.1 Å². The average molecular weight is 1560 g/mol. The van der Waals surface area contributed by atoms with Crippen molar-refractivity contribution in [2.75, 3.05) is 41.1 Å². The molecule has 6 rings (SSSR count). The second-order valence-corrected chi connectivity index (χ2v) is 33.9. The van der Waals surface area contributed by atoms with Gasteiger partial charge in [-0.25, -0.2) is 0 Å². The molecule has 4 fully saturated rings. The van der Waals surface area contributed by atoms with E-state index in [1.807, 2.05) is 12.1 Å². The second kappa shape index (κ2) is 43.9. The molecule has 0 aliphatic carbocycles. The molecule has 10 amide bonds. The van der Waals surface area contributed by atoms with Gasteiger partial charge < -0.3 is 78.4 Å². The number of aromatic hydroxyl groups is 2. The highest BCUT2D eigenvalue weighted by Gasteiger charge is 2.42. The SMILES string of the molecule is CC(=O)C[C@H](C)Cc1ccc(O)cc1.CC(=O)N[C@H]1CSSCC2NC(=O)[C@@H]3CSSC[C@@H](C)NC(=O)CCC(=O)[C@H]([C@H](C)O)NC(=O)[C@H](CSSC[C@H](CC1=O)C(=O)N[C@@H](CCC(=O)O)C(=O)C[C@@H](Cc1ccc(O)cc1)C(=O)N3)CC(=O)[C@H](C)NC(=O)[C@@H]1CCCN1C(=O)[C@H](CC(N)=O)NC2=O. The number of nitrogens with two attached hydrogens (primary N) is 1. The summed E-state index contributed by atoms with van der Waals surface area (Å²) in [6.07, 6.45) is -4.69. The number of carbonyl (C=O) groups excluding carboxylic acids is 15. The Balaban J connectivity index is 0.00000124. The lowest BCUT2D eigenvalue weighted by Crippen LogP contribution is -2.60. The summed E-state index contributed by atoms with van der Waals surface area (Å²) >= 11 is 0. The summed E-state index contributed by atoms with van der Waals surface area (Å²) in [5.74, 6) is -17.9. The van der Waals surface area contributed by atoms with Crippen molar-refractivity contribution < 1.29 is 97.1 Å². The van der Waals surface area contributed by atoms with E-state index in [9.17, 15) is 92.0 Å². The fourth-order valence-corrected chi connectivity index (χ4v) is 19.0. The molecule has 4 bridgehead atoms. The molecule has 0 radical (unpaired) electrons. The molecular weight excluding hydrogens is 1470 g/mol. The highest BCUT2D eigenvalue weighted by molar-refractivity contribution is 8.77. The molecule has 0 spiro atoms. The molecule has 36 heteroatoms. The van der Waals surface area contributed by atoms with Crippen LogP contribution in [0.15, 0.2) is 48.5 Å². The number of hydrogen-bond donors (Lipinski definition) is 13. The molecule has 4 heterocycles. The molecule has 2 aromatic rings. The summed E-state index contributed by atoms with van der Waals surface area (Å²) in [5.41, 5.74) is 7.23. The highest BCUT2D eigenvalue weighted by atomic mass is 33.1. The minimum atomic E-state index is -1.76. The molecular formula is C68H94N10O20S6. The lowest BCUT2D eigenvalue weighted by Gasteiger charge is -2.30. The van der Waals surface area contributed by atoms with E-state index in [-0.39, 0.29) is 84.0 Å². The Morgan fingerprint density at radius 3 is 1.71 bits per heavy atom. The minimum absolute atomic E-state index is 0.0591. The van der Waals surface area contributed by atoms with Gasteiger partial charge in [0.25, 0.3) is 0 Å². The van der Waals surface area contributed by atoms with Crippen LogP contribution >= 0.6 is 64.8 Å². The molecule has 0 aromatic heterocycles. The monoisotopic (exact) mass is 1560 g/mol. The number of fused-ring (bicyclic) bond motifs is 20. The Morgan fingerprint density at radius 2 is 1.13 bits per heavy atom. The third-order valence-corrected chi connectivity index (χ3v) is 24.6. The van der Waals surface area contributed by atoms with E-state index in [0.29, 0.717) is 17.9 Å². The van der Waals surface area contributed by atoms with Gasteiger partial charge in [0.15, 0.2) is 23.1 Å². The minimum Gasteiger partial charge on any atom is -0.508 e. The molecule has 14 N–H and O–H groups in total. The maximum Gasteiger partial charge on any atom is 0.303 e. The van der Waals surface area contributed by atoms with E-state index >= 15 is 0 Å². The zero-order valence-electron chi connectivity index (χ0n) is 58.6. The van der Waals surface area contributed by atoms with E-state index in [1.54, 1.807) is 26.0 Å². The summed E-state index contributed by atoms with van der Waals surface area (Å²) in [5, 5.41) is 60.9. The van der Waals surface area contributed by atoms with E-state index in [0.717, 1.165) is 88.6 Å². The number of amides is 10. The van der Waals surface area contributed by atoms with E-state index in [1.165, 1.54) is 38.1 Å². The van der Waals surface area contributed by atoms with Crippen molar-refractivity contribution in [3.63, 3.8) is 0 Å². The molecule has 104 heavy (non-hydrogen) atoms. The Labute approximate surface area is 626 Å². The molecule has 4 aliphatic rings. The first-order valence-corrected chi connectivity index (χ1v) is 41.4. The van der Waals surface area contributed by atoms with E-state index in [2.05, 4.69) is 49.5 Å². The van der Waals surface area contributed by atoms with Crippen LogP contribution in [0.5, 0.6) is 11.5 Å². The maximum atomic E-state index is 14.9. The maximum absolute atomic E-state index is 14.9. The van der Waals surface area contributed by atoms with Gasteiger partial charge in [-0.1, -0.05) is 96.0 Å². The summed E-state index contributed by atoms with van der Waals surface area (Å²) in [6.45, 7) is 8.97. The lowest BCUT2D eigenvalue weighted by molar-refractivity contribution is -0.143. The van der Waals surface area contributed by atoms with Gasteiger partial charge in [-0.05, 0) is 101 Å². The van der Waals surface area contributed by atoms with Gasteiger partial charge in [-0.3, -0.25) is 71.9 Å². The Kier molecular flexibility index (Phi) is 36.8. The largest absolute Gasteiger partial charge is 0.508 e. The molecule has 4 saturated heterocycles. The predicted octanol–water partition coefficient (Wildman–Crippen LogP) is 1.80. The number of phenolic OH excluding ortho intramolecular Hbond substituents is 2. The molecule has 4 aliphatic heterocycles. The number of ketones is 5. The number of carboxylic acid groups (broad SMARTS) is 1. The average Bonchev–Trinajstić information content (AvgIpc) is 1.61. The Morgan fingerprint density at radius 1 is 0.596 bits per heavy atom. The number of hydrogen-bond acceptors (Lipinski definition) is 25. The summed E-state index contributed by atoms with van der Waals surface area (Å²) in [4.78, 5) is 223. The van der Waals surface area contributed by atoms with Crippen LogP contribution in [0.1, 0.15) is 123 Å². The Hall–Kier alpha value is -7.38. The zero-order chi connectivity index (χ0) is 76.9. The quantitative estimate of drug-likeness (QED) is 0.127. The fraction of sp³-hybridized carbons (Fsp3) is 0.588. The van der Waals surface area contributed by atoms with E-state index < -0.39 is 211 Å². The van der Waals surface area contributed by atoms with Gasteiger partial charge in [0, 0.05) is 105 Å². The number of rotatable bonds is 13. The van der Waals surface area contributed by atoms with Crippen molar-refractivity contribution in [2.45, 2.75) is 185 Å². The first kappa shape index (κ1) is 87.3. The van der Waals surface area contributed by atoms with Crippen LogP contribution in [0.4, 0.5) is 0 Å². The van der Waals surface area contributed by atoms with Crippen LogP contribution in [0, 0.1) is 23.7 Å². The van der Waals surface area contributed by atoms with Gasteiger partial charge >= 0.3 is 5.97 Å². The molecule has 0 saturated carbocycles. The topological polar surface area (TPSA) is 480 Å². The number of nitrogens with one attached hydrogen (secondary N) is 8. The number of phenols is 2. The third-order valence-electron chi connectivity index (χ3n) is 17.1. The molecule has 2 aromatic carbocycles. The molecule has 14 atom stereocenters. The summed E-state index contributed by atoms with van der Waals surface area (Å²) in [6, 6.07) is 0.00851. The molecule has 1 unspecified atom stereocenters. The van der Waals surface area contributed by atoms with Gasteiger partial charge in [0.05, 0.1) is 42.5 Å². The number of nitrogens with zero attached hydrogens (tertiary/aromatic N) is 1. The number of primary amides is 1. The van der Waals surface area contributed by atoms with Crippen molar-refractivity contribution in [1.29, 1.82) is 0 Å². The number of carboxylic acids is 1. The van der Waals surface area contributed by atoms with Gasteiger partial charge in [-0.2, -0.15) is 0 Å². The van der Waals surface area contributed by atoms with Crippen molar-refractivity contribution in [3.05, 3.63) is 59.7 Å². The van der Waals surface area contributed by atoms with Gasteiger partial charge in [-0.15, -0.1) is 0 Å². The van der Waals surface area contributed by atoms with Crippen molar-refractivity contribution >= 4 is 159 Å². The van der Waals surface area contributed by atoms with Crippen LogP contribution < -0.4 is 48.3 Å². The first-order chi connectivity index (χ1) is 49.2. The number of aliphatic hydroxyl groups is 1. The van der Waals surface area contributed by atoms with Crippen LogP contribution in [0.3, 0.4) is 0 Å². The first-order valence-electron chi connectivity index (χ1n) is 33.9. The van der Waals surface area contributed by atoms with E-state index in [4.69, 9.17) is 10.8 Å². The molecule has 572 valence electrons. The van der Waals surface area contributed by atoms with Crippen molar-refractivity contribution in [3.8, 4) is 11.5 Å². The standard InChI is InChI=1S/C56H78N10O18S6.C12H16O2/c1-27-21-85-89-25-39-54(82)64-40-26-90-88-24-38(60-30(4)68)45(73)19-34(51(79)61-36(11-14-48(76)77)44(72)17-32(50(78)63-39)16-31-7-9-35(69)10-8-31)23-87-86-22-33(52(80)65-49(29(3)67)42(70)12-13-47(75)58-27)18-43(71)28(2)59-55(83)41-6-5-15-66(41)56(84)37(20-46(57)74)62-53(40)81;1-9(7-10(2)13)8-11-3-5-12(14)6-4-11/h7-10,27-29,32-34,36-41,49,67,69H,5-6,11-26H2,1-4H3,(H2,57,74)(H,58,75)(H,59,83)(H,60,68)(H,61,79)(H,62,81)(H,63,78)(H,64,82)(H,65,80)(H,76,77);3-6,9,14H,7-8H2,1-2H3/t27-,28+,29+,32-,33+,34+,36+,37+,38+,39+,40?,41+,49+;9-/m10/s1. The van der Waals surface area contributed by atoms with Crippen LogP contribution in [0.25, 0.3) is 0 Å². The second-order valence-electron chi connectivity index (χ2n) is 26.2. The normalized spacial score (nSPS) is 27.0. The van der Waals surface area contributed by atoms with Crippen molar-refractivity contribution in [1.82, 2.24) is 47.4 Å². The third kappa shape index (κ3) is 30.2. The predicted molar refractivity (Wildman–Crippen MR) is 396 cm³/mol. The lowest BCUT2D eigenvalue weighted by atomic mass is 9.89. The smallest absolute Gasteiger partial charge is 0.303 e. The summed E-state index contributed by atoms with van der Waals surface area (Å²) < 4.78 is 0. The zero-order valence-corrected chi connectivity index (χ0v) is 63.5. The number of benzene rings is 2. The van der Waals surface area contributed by atoms with Crippen LogP contribution in [-0.4, -0.2) is 221 Å². The van der Waals surface area contributed by atoms with Crippen LogP contribution in [-0.2, 0) is 89.6 Å². The van der Waals surface area contributed by atoms with Crippen molar-refractivity contribution in [2.24, 2.45) is 29.4 Å². The summed E-state index contributed by atoms with van der Waals surface area (Å²) in [7, 11) is 5.93. The number of aliphatic hydroxyl groups excluding tert-OH is 1. The number of Topliss-reactive ketones (excluding diaryl/α,β-unsaturated/α-hetero) is 5. The fourth-order valence-electron chi connectivity index (χ4n) is 11.5. The molecule has 30 nitrogen and oxygen atoms in total.